The number of rotatable bonds is 5. The zero-order valence-corrected chi connectivity index (χ0v) is 13.1. The number of sulfonamides is 1. The maximum absolute atomic E-state index is 12.7. The summed E-state index contributed by atoms with van der Waals surface area (Å²) >= 11 is 5.97. The van der Waals surface area contributed by atoms with E-state index in [4.69, 9.17) is 11.6 Å². The first-order chi connectivity index (χ1) is 9.91. The van der Waals surface area contributed by atoms with E-state index in [2.05, 4.69) is 9.72 Å². The number of halogens is 1. The molecule has 2 rings (SSSR count). The molecule has 0 atom stereocenters. The number of methoxy groups -OCH3 is 1. The van der Waals surface area contributed by atoms with Gasteiger partial charge in [0.15, 0.2) is 10.2 Å². The third kappa shape index (κ3) is 2.87. The molecule has 9 heteroatoms. The molecule has 0 amide bonds. The molecule has 0 aromatic carbocycles. The molecule has 0 N–H and O–H groups in total. The van der Waals surface area contributed by atoms with Crippen LogP contribution in [-0.2, 0) is 19.6 Å². The van der Waals surface area contributed by atoms with Crippen LogP contribution in [0.4, 0.5) is 0 Å². The summed E-state index contributed by atoms with van der Waals surface area (Å²) in [6.07, 6.45) is 1.55. The molecule has 114 valence electrons. The average Bonchev–Trinajstić information content (AvgIpc) is 2.80. The molecule has 0 aliphatic heterocycles. The van der Waals surface area contributed by atoms with E-state index in [1.165, 1.54) is 11.5 Å². The summed E-state index contributed by atoms with van der Waals surface area (Å²) < 4.78 is 32.2. The zero-order valence-electron chi connectivity index (χ0n) is 11.5. The highest BCUT2D eigenvalue weighted by atomic mass is 35.5. The van der Waals surface area contributed by atoms with Gasteiger partial charge in [0.05, 0.1) is 7.11 Å². The van der Waals surface area contributed by atoms with Crippen LogP contribution in [0.5, 0.6) is 0 Å². The van der Waals surface area contributed by atoms with Gasteiger partial charge < -0.3 is 4.74 Å². The number of aromatic nitrogens is 2. The number of likely N-dealkylation sites (N-methyl/N-ethyl adjacent to an activating group) is 1. The van der Waals surface area contributed by atoms with Crippen LogP contribution in [0.2, 0.25) is 5.15 Å². The number of carbonyl (C=O) groups excluding carboxylic acids is 1. The minimum atomic E-state index is -3.97. The lowest BCUT2D eigenvalue weighted by atomic mass is 10.5. The van der Waals surface area contributed by atoms with Crippen molar-refractivity contribution in [3.05, 3.63) is 29.5 Å². The molecule has 0 spiro atoms. The lowest BCUT2D eigenvalue weighted by Crippen LogP contribution is -2.36. The summed E-state index contributed by atoms with van der Waals surface area (Å²) in [5, 5.41) is -0.296. The Bertz CT molecular complexity index is 772. The van der Waals surface area contributed by atoms with Gasteiger partial charge in [0, 0.05) is 12.7 Å². The number of nitrogens with zero attached hydrogens (tertiary/aromatic N) is 3. The van der Waals surface area contributed by atoms with Crippen molar-refractivity contribution in [1.82, 2.24) is 13.7 Å². The van der Waals surface area contributed by atoms with Gasteiger partial charge in [0.25, 0.3) is 10.0 Å². The Kier molecular flexibility index (Phi) is 4.50. The molecule has 0 unspecified atom stereocenters. The van der Waals surface area contributed by atoms with Crippen molar-refractivity contribution in [3.8, 4) is 0 Å². The highest BCUT2D eigenvalue weighted by Gasteiger charge is 2.31. The van der Waals surface area contributed by atoms with Crippen molar-refractivity contribution in [2.24, 2.45) is 0 Å². The number of fused-ring (bicyclic) bond motifs is 1. The number of hydrogen-bond acceptors (Lipinski definition) is 5. The van der Waals surface area contributed by atoms with E-state index < -0.39 is 16.0 Å². The summed E-state index contributed by atoms with van der Waals surface area (Å²) in [5.74, 6) is -0.648. The molecule has 0 aliphatic carbocycles. The van der Waals surface area contributed by atoms with Crippen LogP contribution < -0.4 is 0 Å². The van der Waals surface area contributed by atoms with Gasteiger partial charge in [-0.3, -0.25) is 9.20 Å². The van der Waals surface area contributed by atoms with Gasteiger partial charge in [-0.1, -0.05) is 24.6 Å². The Morgan fingerprint density at radius 3 is 2.81 bits per heavy atom. The topological polar surface area (TPSA) is 81.0 Å². The Morgan fingerprint density at radius 1 is 1.48 bits per heavy atom. The third-order valence-electron chi connectivity index (χ3n) is 2.92. The monoisotopic (exact) mass is 331 g/mol. The largest absolute Gasteiger partial charge is 0.468 e. The van der Waals surface area contributed by atoms with E-state index in [1.807, 2.05) is 0 Å². The highest BCUT2D eigenvalue weighted by Crippen LogP contribution is 2.25. The normalized spacial score (nSPS) is 12.0. The first-order valence-electron chi connectivity index (χ1n) is 6.11. The molecule has 21 heavy (non-hydrogen) atoms. The van der Waals surface area contributed by atoms with Gasteiger partial charge in [-0.25, -0.2) is 13.4 Å². The van der Waals surface area contributed by atoms with Crippen LogP contribution in [0, 0.1) is 0 Å². The molecule has 0 saturated carbocycles. The van der Waals surface area contributed by atoms with Crippen molar-refractivity contribution in [2.75, 3.05) is 20.2 Å². The Labute approximate surface area is 127 Å². The van der Waals surface area contributed by atoms with E-state index in [1.54, 1.807) is 31.3 Å². The Balaban J connectivity index is 2.55. The number of hydrogen-bond donors (Lipinski definition) is 0. The minimum Gasteiger partial charge on any atom is -0.468 e. The molecular weight excluding hydrogens is 318 g/mol. The van der Waals surface area contributed by atoms with Gasteiger partial charge in [0.1, 0.15) is 12.2 Å². The second-order valence-corrected chi connectivity index (χ2v) is 6.36. The predicted molar refractivity (Wildman–Crippen MR) is 76.7 cm³/mol. The summed E-state index contributed by atoms with van der Waals surface area (Å²) in [7, 11) is -2.77. The summed E-state index contributed by atoms with van der Waals surface area (Å²) in [5.41, 5.74) is 0.412. The first-order valence-corrected chi connectivity index (χ1v) is 7.93. The van der Waals surface area contributed by atoms with Gasteiger partial charge in [-0.15, -0.1) is 0 Å². The molecule has 7 nitrogen and oxygen atoms in total. The Hall–Kier alpha value is -1.64. The first kappa shape index (κ1) is 15.7. The minimum absolute atomic E-state index is 0.105. The van der Waals surface area contributed by atoms with Crippen molar-refractivity contribution in [2.45, 2.75) is 11.9 Å². The molecular formula is C12H14ClN3O4S. The van der Waals surface area contributed by atoms with Gasteiger partial charge in [0.2, 0.25) is 0 Å². The highest BCUT2D eigenvalue weighted by molar-refractivity contribution is 7.89. The van der Waals surface area contributed by atoms with Crippen molar-refractivity contribution < 1.29 is 17.9 Å². The number of imidazole rings is 1. The smallest absolute Gasteiger partial charge is 0.321 e. The molecule has 0 saturated heterocycles. The standard InChI is InChI=1S/C12H14ClN3O4S/c1-3-15(8-10(17)20-2)21(18,19)12-11(13)14-9-6-4-5-7-16(9)12/h4-7H,3,8H2,1-2H3. The van der Waals surface area contributed by atoms with Gasteiger partial charge in [-0.2, -0.15) is 4.31 Å². The number of esters is 1. The second-order valence-electron chi connectivity index (χ2n) is 4.14. The van der Waals surface area contributed by atoms with Crippen molar-refractivity contribution >= 4 is 33.2 Å². The third-order valence-corrected chi connectivity index (χ3v) is 5.24. The average molecular weight is 332 g/mol. The molecule has 2 aromatic heterocycles. The molecule has 2 aromatic rings. The van der Waals surface area contributed by atoms with Crippen molar-refractivity contribution in [3.63, 3.8) is 0 Å². The fraction of sp³-hybridized carbons (Fsp3) is 0.333. The zero-order chi connectivity index (χ0) is 15.6. The van der Waals surface area contributed by atoms with Gasteiger partial charge >= 0.3 is 5.97 Å². The number of carbonyl (C=O) groups is 1. The van der Waals surface area contributed by atoms with Crippen molar-refractivity contribution in [1.29, 1.82) is 0 Å². The van der Waals surface area contributed by atoms with Crippen LogP contribution >= 0.6 is 11.6 Å². The van der Waals surface area contributed by atoms with Crippen LogP contribution in [0.3, 0.4) is 0 Å². The molecule has 0 bridgehead atoms. The predicted octanol–water partition coefficient (Wildman–Crippen LogP) is 1.17. The Morgan fingerprint density at radius 2 is 2.19 bits per heavy atom. The second kappa shape index (κ2) is 6.00. The number of ether oxygens (including phenoxy) is 1. The maximum Gasteiger partial charge on any atom is 0.321 e. The fourth-order valence-electron chi connectivity index (χ4n) is 1.87. The van der Waals surface area contributed by atoms with E-state index in [0.717, 1.165) is 4.31 Å². The molecule has 0 radical (unpaired) electrons. The van der Waals surface area contributed by atoms with E-state index >= 15 is 0 Å². The van der Waals surface area contributed by atoms with Gasteiger partial charge in [-0.05, 0) is 12.1 Å². The van der Waals surface area contributed by atoms with Crippen LogP contribution in [0.1, 0.15) is 6.92 Å². The quantitative estimate of drug-likeness (QED) is 0.768. The summed E-state index contributed by atoms with van der Waals surface area (Å²) in [6, 6.07) is 5.03. The fourth-order valence-corrected chi connectivity index (χ4v) is 3.86. The number of pyridine rings is 1. The summed E-state index contributed by atoms with van der Waals surface area (Å²) in [4.78, 5) is 15.4. The molecule has 0 fully saturated rings. The van der Waals surface area contributed by atoms with Crippen LogP contribution in [0.15, 0.2) is 29.4 Å². The van der Waals surface area contributed by atoms with E-state index in [9.17, 15) is 13.2 Å². The lowest BCUT2D eigenvalue weighted by Gasteiger charge is -2.18. The van der Waals surface area contributed by atoms with Crippen LogP contribution in [0.25, 0.3) is 5.65 Å². The van der Waals surface area contributed by atoms with E-state index in [0.29, 0.717) is 5.65 Å². The van der Waals surface area contributed by atoms with Crippen LogP contribution in [-0.4, -0.2) is 48.3 Å². The SMILES string of the molecule is CCN(CC(=O)OC)S(=O)(=O)c1c(Cl)nc2ccccn12. The maximum atomic E-state index is 12.7. The molecule has 0 aliphatic rings. The lowest BCUT2D eigenvalue weighted by molar-refractivity contribution is -0.140. The van der Waals surface area contributed by atoms with E-state index in [-0.39, 0.29) is 23.3 Å². The summed E-state index contributed by atoms with van der Waals surface area (Å²) in [6.45, 7) is 1.34. The molecule has 2 heterocycles.